The summed E-state index contributed by atoms with van der Waals surface area (Å²) in [4.78, 5) is 0. The van der Waals surface area contributed by atoms with Crippen molar-refractivity contribution < 1.29 is 5.21 Å². The molecule has 0 aromatic carbocycles. The summed E-state index contributed by atoms with van der Waals surface area (Å²) >= 11 is 0. The minimum absolute atomic E-state index is 0.150. The first kappa shape index (κ1) is 11.8. The lowest BCUT2D eigenvalue weighted by Gasteiger charge is -2.19. The third-order valence-corrected chi connectivity index (χ3v) is 1.90. The normalized spacial score (nSPS) is 16.2. The Kier molecular flexibility index (Phi) is 5.73. The van der Waals surface area contributed by atoms with E-state index in [1.165, 1.54) is 0 Å². The van der Waals surface area contributed by atoms with Crippen molar-refractivity contribution >= 4 is 5.84 Å². The van der Waals surface area contributed by atoms with Gasteiger partial charge in [0.2, 0.25) is 0 Å². The van der Waals surface area contributed by atoms with E-state index in [2.05, 4.69) is 16.4 Å². The molecule has 0 heterocycles. The van der Waals surface area contributed by atoms with Crippen LogP contribution >= 0.6 is 0 Å². The number of nitrogens with two attached hydrogens (primary N) is 1. The summed E-state index contributed by atoms with van der Waals surface area (Å²) in [7, 11) is 0. The van der Waals surface area contributed by atoms with Gasteiger partial charge in [-0.25, -0.2) is 0 Å². The molecule has 0 aliphatic carbocycles. The van der Waals surface area contributed by atoms with Crippen LogP contribution in [-0.4, -0.2) is 23.1 Å². The molecule has 4 heteroatoms. The van der Waals surface area contributed by atoms with Crippen LogP contribution in [0.2, 0.25) is 0 Å². The van der Waals surface area contributed by atoms with Crippen LogP contribution in [-0.2, 0) is 0 Å². The van der Waals surface area contributed by atoms with Gasteiger partial charge in [-0.3, -0.25) is 0 Å². The summed E-state index contributed by atoms with van der Waals surface area (Å²) < 4.78 is 0. The Morgan fingerprint density at radius 3 is 2.77 bits per heavy atom. The Labute approximate surface area is 79.2 Å². The van der Waals surface area contributed by atoms with Gasteiger partial charge in [0.1, 0.15) is 0 Å². The molecule has 74 valence electrons. The Balaban J connectivity index is 4.02. The maximum atomic E-state index is 8.40. The Hall–Kier alpha value is -1.21. The fourth-order valence-corrected chi connectivity index (χ4v) is 0.989. The van der Waals surface area contributed by atoms with Crippen molar-refractivity contribution in [3.05, 3.63) is 0 Å². The predicted molar refractivity (Wildman–Crippen MR) is 53.5 cm³/mol. The number of hydrogen-bond acceptors (Lipinski definition) is 3. The molecule has 0 fully saturated rings. The van der Waals surface area contributed by atoms with Gasteiger partial charge in [0.15, 0.2) is 5.84 Å². The van der Waals surface area contributed by atoms with Gasteiger partial charge < -0.3 is 16.3 Å². The van der Waals surface area contributed by atoms with Gasteiger partial charge in [-0.05, 0) is 13.3 Å². The van der Waals surface area contributed by atoms with E-state index in [-0.39, 0.29) is 17.9 Å². The molecule has 0 aromatic rings. The van der Waals surface area contributed by atoms with Crippen molar-refractivity contribution in [2.24, 2.45) is 10.9 Å². The molecule has 0 aliphatic heterocycles. The molecule has 0 saturated heterocycles. The zero-order valence-corrected chi connectivity index (χ0v) is 8.12. The van der Waals surface area contributed by atoms with Crippen molar-refractivity contribution in [2.75, 3.05) is 0 Å². The van der Waals surface area contributed by atoms with Crippen molar-refractivity contribution in [3.8, 4) is 12.3 Å². The molecule has 0 amide bonds. The summed E-state index contributed by atoms with van der Waals surface area (Å²) in [5.74, 6) is 2.75. The van der Waals surface area contributed by atoms with E-state index in [9.17, 15) is 0 Å². The average molecular weight is 183 g/mol. The van der Waals surface area contributed by atoms with Crippen molar-refractivity contribution in [1.29, 1.82) is 0 Å². The molecule has 13 heavy (non-hydrogen) atoms. The van der Waals surface area contributed by atoms with E-state index in [1.807, 2.05) is 13.8 Å². The third kappa shape index (κ3) is 4.38. The Bertz CT molecular complexity index is 207. The van der Waals surface area contributed by atoms with Gasteiger partial charge in [-0.1, -0.05) is 12.1 Å². The number of oxime groups is 1. The van der Waals surface area contributed by atoms with Gasteiger partial charge in [0.05, 0.1) is 6.04 Å². The maximum Gasteiger partial charge on any atom is 0.156 e. The minimum Gasteiger partial charge on any atom is -0.409 e. The van der Waals surface area contributed by atoms with Crippen molar-refractivity contribution in [2.45, 2.75) is 38.8 Å². The van der Waals surface area contributed by atoms with E-state index in [0.29, 0.717) is 6.42 Å². The third-order valence-electron chi connectivity index (χ3n) is 1.90. The number of rotatable bonds is 5. The van der Waals surface area contributed by atoms with Crippen molar-refractivity contribution in [1.82, 2.24) is 5.32 Å². The van der Waals surface area contributed by atoms with Crippen molar-refractivity contribution in [3.63, 3.8) is 0 Å². The van der Waals surface area contributed by atoms with Crippen LogP contribution in [0.15, 0.2) is 5.16 Å². The Morgan fingerprint density at radius 1 is 1.77 bits per heavy atom. The van der Waals surface area contributed by atoms with E-state index in [4.69, 9.17) is 17.4 Å². The van der Waals surface area contributed by atoms with E-state index in [1.54, 1.807) is 0 Å². The fourth-order valence-electron chi connectivity index (χ4n) is 0.989. The summed E-state index contributed by atoms with van der Waals surface area (Å²) in [5.41, 5.74) is 5.40. The van der Waals surface area contributed by atoms with Gasteiger partial charge in [0.25, 0.3) is 0 Å². The summed E-state index contributed by atoms with van der Waals surface area (Å²) in [6, 6.07) is 0.0728. The first-order chi connectivity index (χ1) is 6.15. The number of nitrogens with one attached hydrogen (secondary N) is 1. The number of hydrogen-bond donors (Lipinski definition) is 3. The topological polar surface area (TPSA) is 70.6 Å². The highest BCUT2D eigenvalue weighted by atomic mass is 16.4. The highest BCUT2D eigenvalue weighted by molar-refractivity contribution is 5.84. The quantitative estimate of drug-likeness (QED) is 0.191. The number of nitrogens with zero attached hydrogens (tertiary/aromatic N) is 1. The number of terminal acetylenes is 1. The molecule has 2 atom stereocenters. The predicted octanol–water partition coefficient (Wildman–Crippen LogP) is 0.513. The lowest BCUT2D eigenvalue weighted by molar-refractivity contribution is 0.314. The minimum atomic E-state index is -0.150. The smallest absolute Gasteiger partial charge is 0.156 e. The summed E-state index contributed by atoms with van der Waals surface area (Å²) in [5, 5.41) is 14.5. The lowest BCUT2D eigenvalue weighted by Crippen LogP contribution is -2.44. The average Bonchev–Trinajstić information content (AvgIpc) is 2.15. The van der Waals surface area contributed by atoms with E-state index in [0.717, 1.165) is 6.42 Å². The molecule has 0 aromatic heterocycles. The Morgan fingerprint density at radius 2 is 2.38 bits per heavy atom. The van der Waals surface area contributed by atoms with Crippen LogP contribution in [0.25, 0.3) is 0 Å². The summed E-state index contributed by atoms with van der Waals surface area (Å²) in [6.45, 7) is 3.86. The monoisotopic (exact) mass is 183 g/mol. The van der Waals surface area contributed by atoms with Crippen LogP contribution in [0, 0.1) is 12.3 Å². The van der Waals surface area contributed by atoms with Gasteiger partial charge in [-0.15, -0.1) is 12.3 Å². The SMILES string of the molecule is C#CCC(CC)NC(C)C(N)=NO. The molecule has 0 bridgehead atoms. The van der Waals surface area contributed by atoms with Crippen LogP contribution in [0.3, 0.4) is 0 Å². The van der Waals surface area contributed by atoms with E-state index >= 15 is 0 Å². The molecule has 0 rings (SSSR count). The van der Waals surface area contributed by atoms with Crippen LogP contribution in [0.4, 0.5) is 0 Å². The second-order valence-corrected chi connectivity index (χ2v) is 2.93. The van der Waals surface area contributed by atoms with Gasteiger partial charge in [0, 0.05) is 12.5 Å². The molecule has 0 radical (unpaired) electrons. The van der Waals surface area contributed by atoms with Gasteiger partial charge in [-0.2, -0.15) is 0 Å². The van der Waals surface area contributed by atoms with Crippen LogP contribution < -0.4 is 11.1 Å². The molecule has 0 aliphatic rings. The summed E-state index contributed by atoms with van der Waals surface area (Å²) in [6.07, 6.45) is 6.76. The zero-order valence-electron chi connectivity index (χ0n) is 8.12. The van der Waals surface area contributed by atoms with Crippen LogP contribution in [0.1, 0.15) is 26.7 Å². The van der Waals surface area contributed by atoms with Gasteiger partial charge >= 0.3 is 0 Å². The number of amidine groups is 1. The molecular weight excluding hydrogens is 166 g/mol. The fraction of sp³-hybridized carbons (Fsp3) is 0.667. The first-order valence-corrected chi connectivity index (χ1v) is 4.32. The highest BCUT2D eigenvalue weighted by Crippen LogP contribution is 1.98. The molecule has 0 spiro atoms. The second-order valence-electron chi connectivity index (χ2n) is 2.93. The molecule has 4 N–H and O–H groups in total. The lowest BCUT2D eigenvalue weighted by atomic mass is 10.1. The largest absolute Gasteiger partial charge is 0.409 e. The standard InChI is InChI=1S/C9H17N3O/c1-4-6-8(5-2)11-7(3)9(10)12-13/h1,7-8,11,13H,5-6H2,2-3H3,(H2,10,12). The first-order valence-electron chi connectivity index (χ1n) is 4.32. The molecule has 4 nitrogen and oxygen atoms in total. The highest BCUT2D eigenvalue weighted by Gasteiger charge is 2.11. The van der Waals surface area contributed by atoms with E-state index < -0.39 is 0 Å². The molecular formula is C9H17N3O. The zero-order chi connectivity index (χ0) is 10.3. The maximum absolute atomic E-state index is 8.40. The molecule has 2 unspecified atom stereocenters. The van der Waals surface area contributed by atoms with Crippen LogP contribution in [0.5, 0.6) is 0 Å². The molecule has 0 saturated carbocycles. The second kappa shape index (κ2) is 6.32.